The van der Waals surface area contributed by atoms with E-state index in [1.165, 1.54) is 19.9 Å². The van der Waals surface area contributed by atoms with Crippen molar-refractivity contribution in [2.45, 2.75) is 30.1 Å². The van der Waals surface area contributed by atoms with Gasteiger partial charge in [0.05, 0.1) is 6.61 Å². The first-order chi connectivity index (χ1) is 11.5. The van der Waals surface area contributed by atoms with Gasteiger partial charge in [0.2, 0.25) is 0 Å². The fraction of sp³-hybridized carbons (Fsp3) is 0.438. The van der Waals surface area contributed by atoms with Crippen LogP contribution in [0.4, 0.5) is 0 Å². The number of fused-ring (bicyclic) bond motifs is 1. The van der Waals surface area contributed by atoms with Crippen molar-refractivity contribution in [1.29, 1.82) is 0 Å². The van der Waals surface area contributed by atoms with E-state index in [0.29, 0.717) is 0 Å². The molecule has 6 nitrogen and oxygen atoms in total. The Labute approximate surface area is 159 Å². The number of esters is 2. The molecule has 0 spiro atoms. The van der Waals surface area contributed by atoms with Crippen LogP contribution in [0.25, 0.3) is 0 Å². The molecule has 0 bridgehead atoms. The van der Waals surface area contributed by atoms with E-state index >= 15 is 0 Å². The van der Waals surface area contributed by atoms with E-state index in [9.17, 15) is 14.4 Å². The van der Waals surface area contributed by atoms with E-state index in [1.807, 2.05) is 0 Å². The molecule has 9 heteroatoms. The van der Waals surface area contributed by atoms with Gasteiger partial charge in [0.1, 0.15) is 11.2 Å². The maximum atomic E-state index is 12.9. The predicted molar refractivity (Wildman–Crippen MR) is 92.6 cm³/mol. The summed E-state index contributed by atoms with van der Waals surface area (Å²) in [6, 6.07) is 6.29. The molecule has 1 aliphatic heterocycles. The van der Waals surface area contributed by atoms with Gasteiger partial charge in [0.15, 0.2) is 5.54 Å². The molecule has 2 rings (SSSR count). The third-order valence-electron chi connectivity index (χ3n) is 4.08. The molecule has 1 amide bonds. The Kier molecular flexibility index (Phi) is 5.28. The van der Waals surface area contributed by atoms with Crippen molar-refractivity contribution in [2.75, 3.05) is 6.61 Å². The van der Waals surface area contributed by atoms with Crippen molar-refractivity contribution in [1.82, 2.24) is 5.32 Å². The van der Waals surface area contributed by atoms with Gasteiger partial charge >= 0.3 is 11.9 Å². The number of hydrogen-bond acceptors (Lipinski definition) is 5. The van der Waals surface area contributed by atoms with Gasteiger partial charge in [0, 0.05) is 5.56 Å². The smallest absolute Gasteiger partial charge is 0.337 e. The summed E-state index contributed by atoms with van der Waals surface area (Å²) in [7, 11) is 0. The number of hydrogen-bond donors (Lipinski definition) is 1. The lowest BCUT2D eigenvalue weighted by molar-refractivity contribution is -0.172. The molecule has 0 aliphatic carbocycles. The van der Waals surface area contributed by atoms with Crippen LogP contribution >= 0.6 is 34.8 Å². The molecule has 1 aromatic carbocycles. The van der Waals surface area contributed by atoms with E-state index in [4.69, 9.17) is 44.3 Å². The Morgan fingerprint density at radius 3 is 2.40 bits per heavy atom. The predicted octanol–water partition coefficient (Wildman–Crippen LogP) is 2.88. The van der Waals surface area contributed by atoms with Gasteiger partial charge in [0.25, 0.3) is 9.70 Å². The van der Waals surface area contributed by atoms with Crippen molar-refractivity contribution in [3.63, 3.8) is 0 Å². The molecule has 0 saturated carbocycles. The van der Waals surface area contributed by atoms with Crippen LogP contribution < -0.4 is 10.1 Å². The van der Waals surface area contributed by atoms with E-state index in [-0.39, 0.29) is 17.9 Å². The zero-order valence-electron chi connectivity index (χ0n) is 13.7. The second-order valence-corrected chi connectivity index (χ2v) is 8.21. The summed E-state index contributed by atoms with van der Waals surface area (Å²) in [6.45, 7) is 4.52. The average molecular weight is 409 g/mol. The van der Waals surface area contributed by atoms with Crippen LogP contribution in [-0.2, 0) is 24.7 Å². The van der Waals surface area contributed by atoms with Gasteiger partial charge in [-0.2, -0.15) is 0 Å². The first-order valence-electron chi connectivity index (χ1n) is 7.36. The molecule has 0 radical (unpaired) electrons. The SMILES string of the molecule is CCOC(=O)C1(NC(=O)C(Cl)(Cl)Cl)c2ccccc2OC(=O)C1(C)C. The number of rotatable bonds is 3. The lowest BCUT2D eigenvalue weighted by atomic mass is 9.66. The summed E-state index contributed by atoms with van der Waals surface area (Å²) in [5.41, 5.74) is -3.21. The number of halogens is 3. The average Bonchev–Trinajstić information content (AvgIpc) is 2.51. The Bertz CT molecular complexity index is 729. The summed E-state index contributed by atoms with van der Waals surface area (Å²) in [5.74, 6) is -2.54. The van der Waals surface area contributed by atoms with Crippen molar-refractivity contribution < 1.29 is 23.9 Å². The Morgan fingerprint density at radius 1 is 1.24 bits per heavy atom. The Morgan fingerprint density at radius 2 is 1.84 bits per heavy atom. The van der Waals surface area contributed by atoms with Crippen LogP contribution in [0.5, 0.6) is 5.75 Å². The number of carbonyl (C=O) groups excluding carboxylic acids is 3. The number of nitrogens with one attached hydrogen (secondary N) is 1. The zero-order chi connectivity index (χ0) is 19.0. The first-order valence-corrected chi connectivity index (χ1v) is 8.50. The van der Waals surface area contributed by atoms with E-state index in [0.717, 1.165) is 0 Å². The van der Waals surface area contributed by atoms with Crippen LogP contribution in [0.15, 0.2) is 24.3 Å². The van der Waals surface area contributed by atoms with Crippen LogP contribution in [-0.4, -0.2) is 28.2 Å². The molecule has 0 aromatic heterocycles. The fourth-order valence-electron chi connectivity index (χ4n) is 2.70. The number of amides is 1. The third-order valence-corrected chi connectivity index (χ3v) is 4.60. The Balaban J connectivity index is 2.76. The number of ether oxygens (including phenoxy) is 2. The molecular formula is C16H16Cl3NO5. The highest BCUT2D eigenvalue weighted by Crippen LogP contribution is 2.49. The summed E-state index contributed by atoms with van der Waals surface area (Å²) >= 11 is 17.0. The lowest BCUT2D eigenvalue weighted by Gasteiger charge is -2.46. The molecule has 1 aromatic rings. The molecular weight excluding hydrogens is 393 g/mol. The standard InChI is InChI=1S/C16H16Cl3NO5/c1-4-24-13(23)15(20-11(21)16(17,18)19)9-7-5-6-8-10(9)25-12(22)14(15,2)3/h5-8H,4H2,1-3H3,(H,20,21). The normalized spacial score (nSPS) is 21.8. The highest BCUT2D eigenvalue weighted by molar-refractivity contribution is 6.76. The number of benzene rings is 1. The van der Waals surface area contributed by atoms with Crippen LogP contribution in [0.2, 0.25) is 0 Å². The lowest BCUT2D eigenvalue weighted by Crippen LogP contribution is -2.67. The molecule has 25 heavy (non-hydrogen) atoms. The topological polar surface area (TPSA) is 81.7 Å². The maximum absolute atomic E-state index is 12.9. The second-order valence-electron chi connectivity index (χ2n) is 5.93. The molecule has 136 valence electrons. The zero-order valence-corrected chi connectivity index (χ0v) is 16.0. The highest BCUT2D eigenvalue weighted by atomic mass is 35.6. The molecule has 1 atom stereocenters. The van der Waals surface area contributed by atoms with Crippen LogP contribution in [0.3, 0.4) is 0 Å². The van der Waals surface area contributed by atoms with Crippen molar-refractivity contribution in [3.8, 4) is 5.75 Å². The van der Waals surface area contributed by atoms with Gasteiger partial charge in [-0.05, 0) is 26.8 Å². The van der Waals surface area contributed by atoms with Gasteiger partial charge < -0.3 is 14.8 Å². The molecule has 0 fully saturated rings. The quantitative estimate of drug-likeness (QED) is 0.472. The van der Waals surface area contributed by atoms with Gasteiger partial charge in [-0.3, -0.25) is 9.59 Å². The van der Waals surface area contributed by atoms with E-state index < -0.39 is 32.6 Å². The molecule has 1 heterocycles. The first kappa shape index (κ1) is 19.8. The minimum atomic E-state index is -2.34. The van der Waals surface area contributed by atoms with E-state index in [2.05, 4.69) is 5.32 Å². The highest BCUT2D eigenvalue weighted by Gasteiger charge is 2.64. The molecule has 1 aliphatic rings. The van der Waals surface area contributed by atoms with Gasteiger partial charge in [-0.1, -0.05) is 53.0 Å². The Hall–Kier alpha value is -1.50. The number of carbonyl (C=O) groups is 3. The fourth-order valence-corrected chi connectivity index (χ4v) is 2.84. The van der Waals surface area contributed by atoms with Gasteiger partial charge in [-0.15, -0.1) is 0 Å². The van der Waals surface area contributed by atoms with Crippen LogP contribution in [0, 0.1) is 5.41 Å². The molecule has 0 saturated heterocycles. The van der Waals surface area contributed by atoms with Crippen molar-refractivity contribution in [3.05, 3.63) is 29.8 Å². The van der Waals surface area contributed by atoms with Gasteiger partial charge in [-0.25, -0.2) is 4.79 Å². The molecule has 1 N–H and O–H groups in total. The number of para-hydroxylation sites is 1. The number of alkyl halides is 3. The van der Waals surface area contributed by atoms with Crippen LogP contribution in [0.1, 0.15) is 26.3 Å². The summed E-state index contributed by atoms with van der Waals surface area (Å²) in [4.78, 5) is 37.9. The molecule has 1 unspecified atom stereocenters. The summed E-state index contributed by atoms with van der Waals surface area (Å²) in [6.07, 6.45) is 0. The second kappa shape index (κ2) is 6.67. The van der Waals surface area contributed by atoms with Crippen molar-refractivity contribution >= 4 is 52.6 Å². The summed E-state index contributed by atoms with van der Waals surface area (Å²) < 4.78 is 8.11. The largest absolute Gasteiger partial charge is 0.464 e. The summed E-state index contributed by atoms with van der Waals surface area (Å²) in [5, 5.41) is 2.42. The minimum Gasteiger partial charge on any atom is -0.464 e. The van der Waals surface area contributed by atoms with Crippen molar-refractivity contribution in [2.24, 2.45) is 5.41 Å². The maximum Gasteiger partial charge on any atom is 0.337 e. The third kappa shape index (κ3) is 3.18. The monoisotopic (exact) mass is 407 g/mol. The minimum absolute atomic E-state index is 0.0253. The van der Waals surface area contributed by atoms with E-state index in [1.54, 1.807) is 25.1 Å².